The molecule has 1 amide bonds. The van der Waals surface area contributed by atoms with Crippen LogP contribution in [0.2, 0.25) is 5.02 Å². The Morgan fingerprint density at radius 3 is 2.94 bits per heavy atom. The number of ether oxygens (including phenoxy) is 2. The fourth-order valence-electron chi connectivity index (χ4n) is 3.94. The van der Waals surface area contributed by atoms with E-state index in [1.54, 1.807) is 4.90 Å². The van der Waals surface area contributed by atoms with Crippen LogP contribution in [0.1, 0.15) is 35.0 Å². The second-order valence-corrected chi connectivity index (χ2v) is 7.75. The predicted molar refractivity (Wildman–Crippen MR) is 111 cm³/mol. The third-order valence-corrected chi connectivity index (χ3v) is 5.77. The van der Waals surface area contributed by atoms with E-state index in [0.717, 1.165) is 10.7 Å². The van der Waals surface area contributed by atoms with Crippen LogP contribution in [0.3, 0.4) is 0 Å². The number of carbonyl (C=O) groups is 1. The third kappa shape index (κ3) is 4.80. The summed E-state index contributed by atoms with van der Waals surface area (Å²) in [6.45, 7) is 1.31. The molecule has 1 atom stereocenters. The van der Waals surface area contributed by atoms with Gasteiger partial charge in [-0.15, -0.1) is 17.5 Å². The number of amides is 1. The number of nitrogens with zero attached hydrogens (tertiary/aromatic N) is 4. The van der Waals surface area contributed by atoms with Gasteiger partial charge in [0.15, 0.2) is 11.6 Å². The van der Waals surface area contributed by atoms with Gasteiger partial charge in [-0.05, 0) is 24.6 Å². The highest BCUT2D eigenvalue weighted by molar-refractivity contribution is 6.31. The van der Waals surface area contributed by atoms with Gasteiger partial charge in [0.2, 0.25) is 5.91 Å². The summed E-state index contributed by atoms with van der Waals surface area (Å²) < 4.78 is 53.3. The number of carbonyl (C=O) groups excluding carboxylic acids is 1. The van der Waals surface area contributed by atoms with Crippen LogP contribution in [-0.2, 0) is 29.6 Å². The van der Waals surface area contributed by atoms with Gasteiger partial charge >= 0.3 is 0 Å². The Morgan fingerprint density at radius 2 is 2.22 bits per heavy atom. The van der Waals surface area contributed by atoms with Gasteiger partial charge in [-0.1, -0.05) is 16.8 Å². The smallest absolute Gasteiger partial charge is 0.282 e. The van der Waals surface area contributed by atoms with Crippen LogP contribution in [0.25, 0.3) is 0 Å². The number of hydrogen-bond acceptors (Lipinski definition) is 6. The molecule has 3 heterocycles. The first kappa shape index (κ1) is 24.6. The largest absolute Gasteiger partial charge is 0.484 e. The molecular formula is C19H22Cl2F3N5O3. The summed E-state index contributed by atoms with van der Waals surface area (Å²) in [6, 6.07) is 0.716. The van der Waals surface area contributed by atoms with Crippen molar-refractivity contribution in [1.29, 1.82) is 0 Å². The molecule has 1 fully saturated rings. The van der Waals surface area contributed by atoms with Crippen molar-refractivity contribution in [3.63, 3.8) is 0 Å². The van der Waals surface area contributed by atoms with Gasteiger partial charge in [0.1, 0.15) is 24.6 Å². The zero-order chi connectivity index (χ0) is 22.1. The molecule has 8 nitrogen and oxygen atoms in total. The Labute approximate surface area is 193 Å². The summed E-state index contributed by atoms with van der Waals surface area (Å²) in [7, 11) is 1.35. The van der Waals surface area contributed by atoms with E-state index in [-0.39, 0.29) is 54.5 Å². The summed E-state index contributed by atoms with van der Waals surface area (Å²) in [5.74, 6) is -0.970. The minimum atomic E-state index is -2.80. The average Bonchev–Trinajstić information content (AvgIpc) is 3.10. The maximum atomic E-state index is 14.9. The van der Waals surface area contributed by atoms with E-state index in [2.05, 4.69) is 15.6 Å². The van der Waals surface area contributed by atoms with Crippen LogP contribution < -0.4 is 10.1 Å². The van der Waals surface area contributed by atoms with Crippen molar-refractivity contribution in [1.82, 2.24) is 25.2 Å². The Balaban J connectivity index is 0.00000289. The Morgan fingerprint density at radius 1 is 1.44 bits per heavy atom. The SMILES string of the molecule is Cl.Cn1nnc(COc2c(F)cc(Cl)c3c2C(CN2CCOCC2=O)NCC3)c1C(F)F. The number of alkyl halides is 2. The van der Waals surface area contributed by atoms with Crippen molar-refractivity contribution in [3.8, 4) is 5.75 Å². The highest BCUT2D eigenvalue weighted by Gasteiger charge is 2.32. The lowest BCUT2D eigenvalue weighted by Gasteiger charge is -2.35. The minimum Gasteiger partial charge on any atom is -0.484 e. The Kier molecular flexibility index (Phi) is 7.86. The van der Waals surface area contributed by atoms with Crippen molar-refractivity contribution in [2.75, 3.05) is 32.8 Å². The summed E-state index contributed by atoms with van der Waals surface area (Å²) in [4.78, 5) is 13.8. The van der Waals surface area contributed by atoms with Gasteiger partial charge in [-0.2, -0.15) is 0 Å². The lowest BCUT2D eigenvalue weighted by molar-refractivity contribution is -0.143. The van der Waals surface area contributed by atoms with E-state index in [9.17, 15) is 18.0 Å². The van der Waals surface area contributed by atoms with Gasteiger partial charge in [0, 0.05) is 30.7 Å². The molecule has 13 heteroatoms. The third-order valence-electron chi connectivity index (χ3n) is 5.43. The summed E-state index contributed by atoms with van der Waals surface area (Å²) in [5.41, 5.74) is 0.717. The highest BCUT2D eigenvalue weighted by Crippen LogP contribution is 2.39. The van der Waals surface area contributed by atoms with Crippen LogP contribution in [0.5, 0.6) is 5.75 Å². The molecule has 0 spiro atoms. The fourth-order valence-corrected chi connectivity index (χ4v) is 4.23. The molecule has 1 aromatic heterocycles. The van der Waals surface area contributed by atoms with Gasteiger partial charge in [-0.3, -0.25) is 4.79 Å². The quantitative estimate of drug-likeness (QED) is 0.663. The highest BCUT2D eigenvalue weighted by atomic mass is 35.5. The van der Waals surface area contributed by atoms with Crippen molar-refractivity contribution in [2.45, 2.75) is 25.5 Å². The van der Waals surface area contributed by atoms with Crippen molar-refractivity contribution in [2.24, 2.45) is 7.05 Å². The van der Waals surface area contributed by atoms with Gasteiger partial charge in [0.25, 0.3) is 6.43 Å². The molecule has 2 aromatic rings. The number of nitrogens with one attached hydrogen (secondary N) is 1. The lowest BCUT2D eigenvalue weighted by Crippen LogP contribution is -2.47. The van der Waals surface area contributed by atoms with Crippen LogP contribution in [-0.4, -0.2) is 58.6 Å². The number of hydrogen-bond donors (Lipinski definition) is 1. The van der Waals surface area contributed by atoms with E-state index in [0.29, 0.717) is 37.2 Å². The van der Waals surface area contributed by atoms with Gasteiger partial charge in [0.05, 0.1) is 12.6 Å². The Bertz CT molecular complexity index is 992. The van der Waals surface area contributed by atoms with Crippen molar-refractivity contribution >= 4 is 29.9 Å². The number of benzene rings is 1. The van der Waals surface area contributed by atoms with Crippen LogP contribution in [0.4, 0.5) is 13.2 Å². The van der Waals surface area contributed by atoms with E-state index in [1.165, 1.54) is 7.05 Å². The van der Waals surface area contributed by atoms with E-state index >= 15 is 0 Å². The molecule has 0 bridgehead atoms. The number of fused-ring (bicyclic) bond motifs is 1. The van der Waals surface area contributed by atoms with Crippen LogP contribution >= 0.6 is 24.0 Å². The molecule has 0 aliphatic carbocycles. The molecule has 176 valence electrons. The summed E-state index contributed by atoms with van der Waals surface area (Å²) in [5, 5.41) is 10.8. The Hall–Kier alpha value is -2.08. The van der Waals surface area contributed by atoms with Crippen molar-refractivity contribution in [3.05, 3.63) is 39.4 Å². The molecular weight excluding hydrogens is 474 g/mol. The molecule has 2 aliphatic heterocycles. The maximum Gasteiger partial charge on any atom is 0.282 e. The van der Waals surface area contributed by atoms with Crippen LogP contribution in [0, 0.1) is 5.82 Å². The topological polar surface area (TPSA) is 81.5 Å². The number of aromatic nitrogens is 3. The van der Waals surface area contributed by atoms with Gasteiger partial charge < -0.3 is 19.7 Å². The molecule has 1 unspecified atom stereocenters. The zero-order valence-electron chi connectivity index (χ0n) is 17.1. The standard InChI is InChI=1S/C19H21ClF3N5O3.ClH/c1-27-17(19(22)23)14(25-26-27)8-31-18-12(21)6-11(20)10-2-3-24-13(16(10)18)7-28-4-5-30-9-15(28)29;/h6,13,19,24H,2-5,7-9H2,1H3;1H. The summed E-state index contributed by atoms with van der Waals surface area (Å²) >= 11 is 6.29. The molecule has 1 saturated heterocycles. The molecule has 1 aromatic carbocycles. The molecule has 0 radical (unpaired) electrons. The molecule has 4 rings (SSSR count). The van der Waals surface area contributed by atoms with E-state index < -0.39 is 24.0 Å². The predicted octanol–water partition coefficient (Wildman–Crippen LogP) is 2.59. The fraction of sp³-hybridized carbons (Fsp3) is 0.526. The molecule has 2 aliphatic rings. The second kappa shape index (κ2) is 10.2. The first-order chi connectivity index (χ1) is 14.9. The first-order valence-electron chi connectivity index (χ1n) is 9.76. The number of aryl methyl sites for hydroxylation is 1. The summed E-state index contributed by atoms with van der Waals surface area (Å²) in [6.07, 6.45) is -2.27. The first-order valence-corrected chi connectivity index (χ1v) is 10.1. The van der Waals surface area contributed by atoms with E-state index in [1.807, 2.05) is 0 Å². The molecule has 0 saturated carbocycles. The monoisotopic (exact) mass is 495 g/mol. The lowest BCUT2D eigenvalue weighted by atomic mass is 9.92. The van der Waals surface area contributed by atoms with Crippen LogP contribution in [0.15, 0.2) is 6.07 Å². The molecule has 1 N–H and O–H groups in total. The molecule has 32 heavy (non-hydrogen) atoms. The normalized spacial score (nSPS) is 18.5. The van der Waals surface area contributed by atoms with E-state index in [4.69, 9.17) is 21.1 Å². The zero-order valence-corrected chi connectivity index (χ0v) is 18.7. The van der Waals surface area contributed by atoms with Gasteiger partial charge in [-0.25, -0.2) is 17.9 Å². The average molecular weight is 496 g/mol. The minimum absolute atomic E-state index is 0. The number of rotatable bonds is 6. The van der Waals surface area contributed by atoms with Crippen molar-refractivity contribution < 1.29 is 27.4 Å². The number of morpholine rings is 1. The second-order valence-electron chi connectivity index (χ2n) is 7.34. The number of halogens is 5. The maximum absolute atomic E-state index is 14.9.